The van der Waals surface area contributed by atoms with Crippen molar-refractivity contribution in [2.24, 2.45) is 0 Å². The highest BCUT2D eigenvalue weighted by atomic mass is 33.1. The SMILES string of the molecule is O=[SH](=O)[SH](c1ccccc1)c1cccs1. The van der Waals surface area contributed by atoms with Gasteiger partial charge in [0.25, 0.3) is 0 Å². The van der Waals surface area contributed by atoms with Crippen LogP contribution >= 0.6 is 21.3 Å². The molecule has 0 bridgehead atoms. The largest absolute Gasteiger partial charge is 0.222 e. The Bertz CT molecular complexity index is 481. The van der Waals surface area contributed by atoms with Crippen molar-refractivity contribution in [3.05, 3.63) is 47.8 Å². The normalized spacial score (nSPS) is 14.1. The molecule has 0 aliphatic rings. The lowest BCUT2D eigenvalue weighted by molar-refractivity contribution is 0.626. The summed E-state index contributed by atoms with van der Waals surface area (Å²) in [5, 5.41) is 1.91. The lowest BCUT2D eigenvalue weighted by Gasteiger charge is -2.12. The van der Waals surface area contributed by atoms with Crippen molar-refractivity contribution in [2.45, 2.75) is 9.10 Å². The van der Waals surface area contributed by atoms with E-state index < -0.39 is 19.7 Å². The summed E-state index contributed by atoms with van der Waals surface area (Å²) in [6.07, 6.45) is 0. The first-order chi connectivity index (χ1) is 7.29. The Morgan fingerprint density at radius 1 is 0.933 bits per heavy atom. The average Bonchev–Trinajstić information content (AvgIpc) is 2.72. The van der Waals surface area contributed by atoms with E-state index in [1.807, 2.05) is 47.8 Å². The maximum atomic E-state index is 11.3. The predicted molar refractivity (Wildman–Crippen MR) is 66.6 cm³/mol. The van der Waals surface area contributed by atoms with Crippen LogP contribution in [0, 0.1) is 0 Å². The third-order valence-electron chi connectivity index (χ3n) is 1.88. The number of hydrogen-bond donors (Lipinski definition) is 2. The minimum Gasteiger partial charge on any atom is -0.222 e. The molecule has 0 amide bonds. The van der Waals surface area contributed by atoms with Crippen LogP contribution < -0.4 is 0 Å². The molecule has 0 radical (unpaired) electrons. The van der Waals surface area contributed by atoms with Gasteiger partial charge in [-0.05, 0) is 23.6 Å². The van der Waals surface area contributed by atoms with Crippen LogP contribution in [0.3, 0.4) is 0 Å². The zero-order chi connectivity index (χ0) is 10.7. The van der Waals surface area contributed by atoms with Crippen LogP contribution in [0.5, 0.6) is 0 Å². The summed E-state index contributed by atoms with van der Waals surface area (Å²) >= 11 is 1.50. The fraction of sp³-hybridized carbons (Fsp3) is 0. The molecule has 1 atom stereocenters. The first-order valence-corrected chi connectivity index (χ1v) is 8.42. The molecule has 1 aromatic heterocycles. The number of thiophene rings is 1. The lowest BCUT2D eigenvalue weighted by atomic mass is 10.4. The van der Waals surface area contributed by atoms with Gasteiger partial charge in [-0.1, -0.05) is 34.2 Å². The summed E-state index contributed by atoms with van der Waals surface area (Å²) in [5.74, 6) is 0. The highest BCUT2D eigenvalue weighted by Crippen LogP contribution is 2.47. The molecule has 0 aliphatic heterocycles. The summed E-state index contributed by atoms with van der Waals surface area (Å²) in [6, 6.07) is 13.1. The van der Waals surface area contributed by atoms with Crippen molar-refractivity contribution >= 4 is 31.0 Å². The van der Waals surface area contributed by atoms with E-state index in [-0.39, 0.29) is 0 Å². The Morgan fingerprint density at radius 2 is 1.67 bits per heavy atom. The molecule has 0 N–H and O–H groups in total. The first-order valence-electron chi connectivity index (χ1n) is 4.32. The fourth-order valence-corrected chi connectivity index (χ4v) is 6.57. The van der Waals surface area contributed by atoms with Crippen molar-refractivity contribution in [1.29, 1.82) is 0 Å². The van der Waals surface area contributed by atoms with Crippen LogP contribution in [0.2, 0.25) is 0 Å². The first kappa shape index (κ1) is 10.7. The van der Waals surface area contributed by atoms with Gasteiger partial charge in [-0.15, -0.1) is 11.3 Å². The molecule has 80 valence electrons. The highest BCUT2D eigenvalue weighted by molar-refractivity contribution is 8.74. The van der Waals surface area contributed by atoms with Gasteiger partial charge in [0.2, 0.25) is 0 Å². The maximum Gasteiger partial charge on any atom is 0.180 e. The van der Waals surface area contributed by atoms with Crippen molar-refractivity contribution in [3.8, 4) is 0 Å². The third-order valence-corrected chi connectivity index (χ3v) is 7.82. The quantitative estimate of drug-likeness (QED) is 0.655. The van der Waals surface area contributed by atoms with E-state index in [0.717, 1.165) is 9.10 Å². The van der Waals surface area contributed by atoms with Gasteiger partial charge >= 0.3 is 0 Å². The highest BCUT2D eigenvalue weighted by Gasteiger charge is 2.12. The van der Waals surface area contributed by atoms with Gasteiger partial charge in [0.05, 0.1) is 4.21 Å². The van der Waals surface area contributed by atoms with Crippen molar-refractivity contribution in [2.75, 3.05) is 0 Å². The second-order valence-corrected chi connectivity index (χ2v) is 8.36. The van der Waals surface area contributed by atoms with Crippen molar-refractivity contribution in [3.63, 3.8) is 0 Å². The van der Waals surface area contributed by atoms with Gasteiger partial charge in [-0.2, -0.15) is 0 Å². The van der Waals surface area contributed by atoms with Crippen molar-refractivity contribution in [1.82, 2.24) is 0 Å². The predicted octanol–water partition coefficient (Wildman–Crippen LogP) is 2.69. The average molecular weight is 258 g/mol. The molecule has 2 rings (SSSR count). The molecule has 0 fully saturated rings. The molecule has 15 heavy (non-hydrogen) atoms. The minimum atomic E-state index is -2.42. The minimum absolute atomic E-state index is 0.895. The summed E-state index contributed by atoms with van der Waals surface area (Å²) in [6.45, 7) is 0. The number of rotatable bonds is 3. The smallest absolute Gasteiger partial charge is 0.180 e. The maximum absolute atomic E-state index is 11.3. The van der Waals surface area contributed by atoms with Gasteiger partial charge in [0.15, 0.2) is 9.74 Å². The second-order valence-electron chi connectivity index (χ2n) is 2.84. The van der Waals surface area contributed by atoms with Crippen LogP contribution in [0.25, 0.3) is 0 Å². The molecule has 1 heterocycles. The zero-order valence-corrected chi connectivity index (χ0v) is 10.3. The summed E-state index contributed by atoms with van der Waals surface area (Å²) < 4.78 is 23.5. The Kier molecular flexibility index (Phi) is 3.45. The van der Waals surface area contributed by atoms with E-state index in [9.17, 15) is 8.42 Å². The Balaban J connectivity index is 2.46. The van der Waals surface area contributed by atoms with Crippen LogP contribution in [0.4, 0.5) is 0 Å². The fourth-order valence-electron chi connectivity index (χ4n) is 1.26. The molecule has 0 saturated heterocycles. The molecule has 0 aliphatic carbocycles. The Morgan fingerprint density at radius 3 is 2.20 bits per heavy atom. The standard InChI is InChI=1S/C10H10O2S3/c11-15(12)14(10-7-4-8-13-10)9-5-2-1-3-6-9/h1-8,14-15H. The van der Waals surface area contributed by atoms with E-state index >= 15 is 0 Å². The molecular formula is C10H10O2S3. The topological polar surface area (TPSA) is 34.1 Å². The molecule has 5 heteroatoms. The van der Waals surface area contributed by atoms with Gasteiger partial charge in [-0.3, -0.25) is 0 Å². The number of thiol groups is 2. The van der Waals surface area contributed by atoms with E-state index in [4.69, 9.17) is 0 Å². The zero-order valence-electron chi connectivity index (χ0n) is 7.74. The van der Waals surface area contributed by atoms with Gasteiger partial charge in [0, 0.05) is 4.90 Å². The number of hydrogen-bond acceptors (Lipinski definition) is 3. The Hall–Kier alpha value is -0.780. The Labute approximate surface area is 96.3 Å². The molecule has 2 aromatic rings. The van der Waals surface area contributed by atoms with Gasteiger partial charge < -0.3 is 0 Å². The molecule has 2 nitrogen and oxygen atoms in total. The number of benzene rings is 1. The summed E-state index contributed by atoms with van der Waals surface area (Å²) in [5.41, 5.74) is 0. The summed E-state index contributed by atoms with van der Waals surface area (Å²) in [7, 11) is -3.62. The van der Waals surface area contributed by atoms with E-state index in [1.54, 1.807) is 0 Å². The molecular weight excluding hydrogens is 248 g/mol. The van der Waals surface area contributed by atoms with Crippen LogP contribution in [0.1, 0.15) is 0 Å². The van der Waals surface area contributed by atoms with Gasteiger partial charge in [0.1, 0.15) is 0 Å². The summed E-state index contributed by atoms with van der Waals surface area (Å²) in [4.78, 5) is 0.895. The molecule has 1 aromatic carbocycles. The molecule has 0 spiro atoms. The van der Waals surface area contributed by atoms with Crippen LogP contribution in [-0.4, -0.2) is 8.42 Å². The van der Waals surface area contributed by atoms with E-state index in [2.05, 4.69) is 0 Å². The lowest BCUT2D eigenvalue weighted by Crippen LogP contribution is -1.83. The van der Waals surface area contributed by atoms with E-state index in [0.29, 0.717) is 0 Å². The van der Waals surface area contributed by atoms with E-state index in [1.165, 1.54) is 11.3 Å². The molecule has 0 saturated carbocycles. The van der Waals surface area contributed by atoms with Gasteiger partial charge in [-0.25, -0.2) is 8.42 Å². The van der Waals surface area contributed by atoms with Crippen LogP contribution in [0.15, 0.2) is 56.9 Å². The van der Waals surface area contributed by atoms with Crippen molar-refractivity contribution < 1.29 is 8.42 Å². The van der Waals surface area contributed by atoms with Crippen LogP contribution in [-0.2, 0) is 9.74 Å². The third kappa shape index (κ3) is 2.42. The monoisotopic (exact) mass is 258 g/mol. The molecule has 1 unspecified atom stereocenters. The second kappa shape index (κ2) is 4.83.